The number of hydrogen-bond donors (Lipinski definition) is 0. The summed E-state index contributed by atoms with van der Waals surface area (Å²) in [6, 6.07) is 0. The van der Waals surface area contributed by atoms with Crippen LogP contribution in [0.15, 0.2) is 0 Å². The van der Waals surface area contributed by atoms with Gasteiger partial charge in [0.1, 0.15) is 23.5 Å². The number of fused-ring (bicyclic) bond motifs is 1. The van der Waals surface area contributed by atoms with Gasteiger partial charge < -0.3 is 9.47 Å². The van der Waals surface area contributed by atoms with Gasteiger partial charge in [0.2, 0.25) is 0 Å². The first-order chi connectivity index (χ1) is 11.0. The Morgan fingerprint density at radius 3 is 1.60 bits per heavy atom. The van der Waals surface area contributed by atoms with Crippen LogP contribution in [0.3, 0.4) is 0 Å². The predicted molar refractivity (Wildman–Crippen MR) is 110 cm³/mol. The summed E-state index contributed by atoms with van der Waals surface area (Å²) < 4.78 is 10.4. The summed E-state index contributed by atoms with van der Waals surface area (Å²) in [5, 5.41) is -5.75. The first-order valence-corrected chi connectivity index (χ1v) is 6.99. The topological polar surface area (TPSA) is 18.5 Å². The third-order valence-corrected chi connectivity index (χ3v) is 3.90. The van der Waals surface area contributed by atoms with Crippen molar-refractivity contribution in [3.05, 3.63) is 5.56 Å². The van der Waals surface area contributed by atoms with Gasteiger partial charge in [0.25, 0.3) is 0 Å². The SMILES string of the molecule is [B]c1c([B])c(C([B])([B])CC([B])([B])C([B])([B])[B])c([B])c2c1OC([B])([B])O2. The zero-order valence-corrected chi connectivity index (χ0v) is 13.5. The summed E-state index contributed by atoms with van der Waals surface area (Å²) in [4.78, 5) is 0. The van der Waals surface area contributed by atoms with Gasteiger partial charge in [0.05, 0.1) is 31.4 Å². The Balaban J connectivity index is 2.59. The van der Waals surface area contributed by atoms with E-state index in [4.69, 9.17) is 104 Å². The summed E-state index contributed by atoms with van der Waals surface area (Å²) in [5.41, 5.74) is -2.33. The van der Waals surface area contributed by atoms with Gasteiger partial charge in [-0.15, -0.1) is 10.3 Å². The summed E-state index contributed by atoms with van der Waals surface area (Å²) in [7, 11) is 69.7. The van der Waals surface area contributed by atoms with E-state index in [0.717, 1.165) is 0 Å². The van der Waals surface area contributed by atoms with Crippen LogP contribution in [0, 0.1) is 0 Å². The van der Waals surface area contributed by atoms with Crippen molar-refractivity contribution in [2.24, 2.45) is 0 Å². The molecule has 0 aliphatic carbocycles. The third-order valence-electron chi connectivity index (χ3n) is 3.90. The molecule has 24 radical (unpaired) electrons. The van der Waals surface area contributed by atoms with Gasteiger partial charge >= 0.3 is 0 Å². The van der Waals surface area contributed by atoms with Crippen LogP contribution in [0.1, 0.15) is 12.0 Å². The van der Waals surface area contributed by atoms with Crippen LogP contribution in [-0.4, -0.2) is 99.7 Å². The van der Waals surface area contributed by atoms with E-state index in [-0.39, 0.29) is 33.5 Å². The average molecular weight is 296 g/mol. The molecule has 1 heterocycles. The molecule has 2 nitrogen and oxygen atoms in total. The number of rotatable bonds is 4. The van der Waals surface area contributed by atoms with Gasteiger partial charge in [-0.25, -0.2) is 0 Å². The average Bonchev–Trinajstić information content (AvgIpc) is 2.70. The van der Waals surface area contributed by atoms with Crippen molar-refractivity contribution in [1.82, 2.24) is 0 Å². The maximum absolute atomic E-state index is 6.13. The zero-order valence-electron chi connectivity index (χ0n) is 13.5. The lowest BCUT2D eigenvalue weighted by Gasteiger charge is -2.48. The first-order valence-electron chi connectivity index (χ1n) is 6.99. The molecule has 0 saturated heterocycles. The molecule has 0 fully saturated rings. The Kier molecular flexibility index (Phi) is 5.07. The molecule has 1 aliphatic rings. The van der Waals surface area contributed by atoms with E-state index in [1.54, 1.807) is 0 Å². The number of ether oxygens (including phenoxy) is 2. The minimum absolute atomic E-state index is 0.0328. The molecule has 0 bridgehead atoms. The molecule has 94 valence electrons. The van der Waals surface area contributed by atoms with Crippen molar-refractivity contribution in [2.75, 3.05) is 0 Å². The minimum Gasteiger partial charge on any atom is -0.469 e. The molecule has 0 spiro atoms. The lowest BCUT2D eigenvalue weighted by atomic mass is 9.20. The zero-order chi connectivity index (χ0) is 19.6. The second-order valence-electron chi connectivity index (χ2n) is 6.39. The molecule has 0 aromatic heterocycles. The molecular formula is C11H2B12O2. The van der Waals surface area contributed by atoms with Crippen LogP contribution in [0.2, 0.25) is 10.3 Å². The van der Waals surface area contributed by atoms with Crippen molar-refractivity contribution in [3.8, 4) is 11.5 Å². The van der Waals surface area contributed by atoms with Crippen molar-refractivity contribution >= 4 is 111 Å². The number of benzene rings is 1. The molecule has 25 heavy (non-hydrogen) atoms. The van der Waals surface area contributed by atoms with Crippen molar-refractivity contribution in [1.29, 1.82) is 0 Å². The van der Waals surface area contributed by atoms with E-state index in [1.165, 1.54) is 0 Å². The Morgan fingerprint density at radius 2 is 1.16 bits per heavy atom. The molecule has 1 aliphatic heterocycles. The molecule has 0 N–H and O–H groups in total. The monoisotopic (exact) mass is 298 g/mol. The fourth-order valence-corrected chi connectivity index (χ4v) is 2.53. The Labute approximate surface area is 164 Å². The van der Waals surface area contributed by atoms with E-state index in [1.807, 2.05) is 0 Å². The number of hydrogen-bond acceptors (Lipinski definition) is 2. The fraction of sp³-hybridized carbons (Fsp3) is 0.455. The van der Waals surface area contributed by atoms with Crippen LogP contribution in [-0.2, 0) is 5.21 Å². The smallest absolute Gasteiger partial charge is 0.175 e. The Bertz CT molecular complexity index is 708. The molecule has 1 aromatic rings. The molecule has 14 heteroatoms. The van der Waals surface area contributed by atoms with Gasteiger partial charge in [0.15, 0.2) is 32.8 Å². The highest BCUT2D eigenvalue weighted by atomic mass is 16.7. The van der Waals surface area contributed by atoms with E-state index in [2.05, 4.69) is 0 Å². The van der Waals surface area contributed by atoms with Gasteiger partial charge in [0, 0.05) is 23.5 Å². The Hall–Kier alpha value is -0.401. The highest BCUT2D eigenvalue weighted by Crippen LogP contribution is 2.46. The largest absolute Gasteiger partial charge is 0.469 e. The van der Waals surface area contributed by atoms with Crippen LogP contribution in [0.5, 0.6) is 11.5 Å². The molecular weight excluding hydrogens is 294 g/mol. The van der Waals surface area contributed by atoms with Crippen molar-refractivity contribution < 1.29 is 9.47 Å². The molecule has 0 atom stereocenters. The second-order valence-corrected chi connectivity index (χ2v) is 6.39. The lowest BCUT2D eigenvalue weighted by Crippen LogP contribution is -2.49. The maximum Gasteiger partial charge on any atom is 0.175 e. The molecule has 1 aromatic carbocycles. The summed E-state index contributed by atoms with van der Waals surface area (Å²) in [6.45, 7) is 0. The highest BCUT2D eigenvalue weighted by molar-refractivity contribution is 6.67. The van der Waals surface area contributed by atoms with Gasteiger partial charge in [-0.1, -0.05) is 28.1 Å². The van der Waals surface area contributed by atoms with Gasteiger partial charge in [-0.2, -0.15) is 0 Å². The summed E-state index contributed by atoms with van der Waals surface area (Å²) in [5.74, 6) is -0.122. The van der Waals surface area contributed by atoms with Gasteiger partial charge in [-0.05, 0) is 5.46 Å². The maximum atomic E-state index is 6.13. The summed E-state index contributed by atoms with van der Waals surface area (Å²) in [6.07, 6.45) is -0.423. The predicted octanol–water partition coefficient (Wildman–Crippen LogP) is -5.30. The fourth-order valence-electron chi connectivity index (χ4n) is 2.53. The summed E-state index contributed by atoms with van der Waals surface area (Å²) >= 11 is 0. The first kappa shape index (κ1) is 20.9. The van der Waals surface area contributed by atoms with E-state index in [9.17, 15) is 0 Å². The van der Waals surface area contributed by atoms with Crippen LogP contribution in [0.25, 0.3) is 0 Å². The van der Waals surface area contributed by atoms with E-state index >= 15 is 0 Å². The van der Waals surface area contributed by atoms with Crippen LogP contribution in [0.4, 0.5) is 0 Å². The van der Waals surface area contributed by atoms with Crippen LogP contribution >= 0.6 is 0 Å². The van der Waals surface area contributed by atoms with E-state index in [0.29, 0.717) is 0 Å². The Morgan fingerprint density at radius 1 is 0.720 bits per heavy atom. The lowest BCUT2D eigenvalue weighted by molar-refractivity contribution is 0.0844. The van der Waals surface area contributed by atoms with Crippen molar-refractivity contribution in [3.63, 3.8) is 0 Å². The normalized spacial score (nSPS) is 16.6. The van der Waals surface area contributed by atoms with E-state index < -0.39 is 27.5 Å². The second kappa shape index (κ2) is 6.06. The quantitative estimate of drug-likeness (QED) is 0.517. The standard InChI is InChI=1S/C11H2B12O2/c12-3-2(8(15,16)1-9(17,18)10(19,20)21)4(13)6-7(5(3)14)25-11(22,23)24-6/h1H2. The minimum atomic E-state index is -2.01. The van der Waals surface area contributed by atoms with Gasteiger partial charge in [-0.3, -0.25) is 0 Å². The molecule has 0 amide bonds. The molecule has 0 unspecified atom stereocenters. The molecule has 0 saturated carbocycles. The molecule has 2 rings (SSSR count). The highest BCUT2D eigenvalue weighted by Gasteiger charge is 2.40. The third kappa shape index (κ3) is 3.69. The van der Waals surface area contributed by atoms with Crippen molar-refractivity contribution in [2.45, 2.75) is 27.5 Å². The van der Waals surface area contributed by atoms with Crippen LogP contribution < -0.4 is 25.9 Å².